The summed E-state index contributed by atoms with van der Waals surface area (Å²) in [6.07, 6.45) is 0. The molecule has 0 bridgehead atoms. The van der Waals surface area contributed by atoms with E-state index in [0.29, 0.717) is 13.2 Å². The van der Waals surface area contributed by atoms with Gasteiger partial charge in [0.25, 0.3) is 0 Å². The van der Waals surface area contributed by atoms with Gasteiger partial charge in [-0.15, -0.1) is 0 Å². The molecule has 3 rings (SSSR count). The number of hydrogen-bond acceptors (Lipinski definition) is 5. The second kappa shape index (κ2) is 6.66. The molecule has 0 saturated carbocycles. The molecule has 2 heterocycles. The van der Waals surface area contributed by atoms with Crippen LogP contribution in [0.4, 0.5) is 5.82 Å². The molecular weight excluding hydrogens is 292 g/mol. The number of fused-ring (bicyclic) bond motifs is 1. The van der Waals surface area contributed by atoms with Crippen molar-refractivity contribution in [2.45, 2.75) is 6.92 Å². The SMILES string of the molecule is COCCNc1cc(C)nc2cc(-c3ccccc3OC)nn12. The Hall–Kier alpha value is -2.60. The van der Waals surface area contributed by atoms with Crippen molar-refractivity contribution in [2.75, 3.05) is 32.7 Å². The Morgan fingerprint density at radius 1 is 1.17 bits per heavy atom. The van der Waals surface area contributed by atoms with E-state index < -0.39 is 0 Å². The highest BCUT2D eigenvalue weighted by Crippen LogP contribution is 2.29. The number of nitrogens with one attached hydrogen (secondary N) is 1. The molecule has 1 aromatic carbocycles. The van der Waals surface area contributed by atoms with E-state index in [1.54, 1.807) is 14.2 Å². The molecule has 0 fully saturated rings. The number of methoxy groups -OCH3 is 2. The Balaban J connectivity index is 2.05. The highest BCUT2D eigenvalue weighted by atomic mass is 16.5. The maximum Gasteiger partial charge on any atom is 0.158 e. The lowest BCUT2D eigenvalue weighted by molar-refractivity contribution is 0.210. The van der Waals surface area contributed by atoms with Crippen LogP contribution in [0.25, 0.3) is 16.9 Å². The number of nitrogens with zero attached hydrogens (tertiary/aromatic N) is 3. The Morgan fingerprint density at radius 3 is 2.78 bits per heavy atom. The average Bonchev–Trinajstić information content (AvgIpc) is 2.98. The predicted molar refractivity (Wildman–Crippen MR) is 90.1 cm³/mol. The van der Waals surface area contributed by atoms with E-state index in [1.807, 2.05) is 47.8 Å². The molecular formula is C17H20N4O2. The fourth-order valence-corrected chi connectivity index (χ4v) is 2.50. The number of aromatic nitrogens is 3. The molecule has 0 aliphatic heterocycles. The predicted octanol–water partition coefficient (Wildman–Crippen LogP) is 2.77. The van der Waals surface area contributed by atoms with Crippen LogP contribution in [0.3, 0.4) is 0 Å². The number of rotatable bonds is 6. The van der Waals surface area contributed by atoms with Crippen molar-refractivity contribution in [1.29, 1.82) is 0 Å². The second-order valence-electron chi connectivity index (χ2n) is 5.20. The largest absolute Gasteiger partial charge is 0.496 e. The van der Waals surface area contributed by atoms with Crippen LogP contribution >= 0.6 is 0 Å². The lowest BCUT2D eigenvalue weighted by atomic mass is 10.1. The fraction of sp³-hybridized carbons (Fsp3) is 0.294. The second-order valence-corrected chi connectivity index (χ2v) is 5.20. The van der Waals surface area contributed by atoms with Gasteiger partial charge in [-0.2, -0.15) is 9.61 Å². The number of hydrogen-bond donors (Lipinski definition) is 1. The van der Waals surface area contributed by atoms with Crippen molar-refractivity contribution in [1.82, 2.24) is 14.6 Å². The van der Waals surface area contributed by atoms with Gasteiger partial charge in [-0.3, -0.25) is 0 Å². The van der Waals surface area contributed by atoms with Crippen LogP contribution in [0, 0.1) is 6.92 Å². The monoisotopic (exact) mass is 312 g/mol. The van der Waals surface area contributed by atoms with Crippen molar-refractivity contribution in [3.63, 3.8) is 0 Å². The third-order valence-electron chi connectivity index (χ3n) is 3.55. The molecule has 0 unspecified atom stereocenters. The average molecular weight is 312 g/mol. The molecule has 1 N–H and O–H groups in total. The first-order chi connectivity index (χ1) is 11.2. The Kier molecular flexibility index (Phi) is 4.43. The highest BCUT2D eigenvalue weighted by Gasteiger charge is 2.12. The Labute approximate surface area is 135 Å². The van der Waals surface area contributed by atoms with Gasteiger partial charge >= 0.3 is 0 Å². The number of anilines is 1. The van der Waals surface area contributed by atoms with Gasteiger partial charge in [-0.05, 0) is 19.1 Å². The van der Waals surface area contributed by atoms with Crippen LogP contribution in [0.1, 0.15) is 5.69 Å². The van der Waals surface area contributed by atoms with Crippen LogP contribution in [-0.4, -0.2) is 42.0 Å². The summed E-state index contributed by atoms with van der Waals surface area (Å²) < 4.78 is 12.3. The van der Waals surface area contributed by atoms with E-state index in [0.717, 1.165) is 34.2 Å². The highest BCUT2D eigenvalue weighted by molar-refractivity contribution is 5.71. The number of aryl methyl sites for hydroxylation is 1. The maximum absolute atomic E-state index is 5.43. The van der Waals surface area contributed by atoms with Gasteiger partial charge < -0.3 is 14.8 Å². The van der Waals surface area contributed by atoms with Gasteiger partial charge in [-0.25, -0.2) is 4.98 Å². The van der Waals surface area contributed by atoms with Crippen molar-refractivity contribution in [2.24, 2.45) is 0 Å². The van der Waals surface area contributed by atoms with E-state index in [9.17, 15) is 0 Å². The van der Waals surface area contributed by atoms with Crippen molar-refractivity contribution in [3.05, 3.63) is 42.1 Å². The zero-order chi connectivity index (χ0) is 16.2. The van der Waals surface area contributed by atoms with Crippen LogP contribution in [0.15, 0.2) is 36.4 Å². The molecule has 0 atom stereocenters. The molecule has 0 spiro atoms. The molecule has 3 aromatic rings. The van der Waals surface area contributed by atoms with Gasteiger partial charge in [-0.1, -0.05) is 12.1 Å². The summed E-state index contributed by atoms with van der Waals surface area (Å²) >= 11 is 0. The van der Waals surface area contributed by atoms with E-state index in [4.69, 9.17) is 9.47 Å². The van der Waals surface area contributed by atoms with E-state index >= 15 is 0 Å². The lowest BCUT2D eigenvalue weighted by Gasteiger charge is -2.08. The molecule has 2 aromatic heterocycles. The zero-order valence-electron chi connectivity index (χ0n) is 13.5. The third-order valence-corrected chi connectivity index (χ3v) is 3.55. The number of ether oxygens (including phenoxy) is 2. The van der Waals surface area contributed by atoms with Crippen LogP contribution in [-0.2, 0) is 4.74 Å². The molecule has 0 saturated heterocycles. The normalized spacial score (nSPS) is 10.9. The van der Waals surface area contributed by atoms with Gasteiger partial charge in [0, 0.05) is 37.0 Å². The minimum atomic E-state index is 0.628. The summed E-state index contributed by atoms with van der Waals surface area (Å²) in [6, 6.07) is 11.8. The molecule has 120 valence electrons. The minimum absolute atomic E-state index is 0.628. The lowest BCUT2D eigenvalue weighted by Crippen LogP contribution is -2.11. The first-order valence-corrected chi connectivity index (χ1v) is 7.46. The van der Waals surface area contributed by atoms with E-state index in [2.05, 4.69) is 15.4 Å². The third kappa shape index (κ3) is 3.12. The number of para-hydroxylation sites is 1. The summed E-state index contributed by atoms with van der Waals surface area (Å²) in [5, 5.41) is 8.01. The summed E-state index contributed by atoms with van der Waals surface area (Å²) in [5.74, 6) is 1.69. The summed E-state index contributed by atoms with van der Waals surface area (Å²) in [4.78, 5) is 4.55. The van der Waals surface area contributed by atoms with Gasteiger partial charge in [0.2, 0.25) is 0 Å². The number of benzene rings is 1. The standard InChI is InChI=1S/C17H20N4O2/c1-12-10-16(18-8-9-22-2)21-17(19-12)11-14(20-21)13-6-4-5-7-15(13)23-3/h4-7,10-11,18H,8-9H2,1-3H3. The van der Waals surface area contributed by atoms with Crippen molar-refractivity contribution < 1.29 is 9.47 Å². The molecule has 0 aliphatic rings. The summed E-state index contributed by atoms with van der Waals surface area (Å²) in [6.45, 7) is 3.31. The molecule has 23 heavy (non-hydrogen) atoms. The van der Waals surface area contributed by atoms with Gasteiger partial charge in [0.05, 0.1) is 19.4 Å². The first-order valence-electron chi connectivity index (χ1n) is 7.46. The first kappa shape index (κ1) is 15.3. The van der Waals surface area contributed by atoms with Crippen LogP contribution in [0.5, 0.6) is 5.75 Å². The molecule has 0 aliphatic carbocycles. The van der Waals surface area contributed by atoms with Crippen LogP contribution < -0.4 is 10.1 Å². The molecule has 0 radical (unpaired) electrons. The molecule has 6 heteroatoms. The quantitative estimate of drug-likeness (QED) is 0.709. The fourth-order valence-electron chi connectivity index (χ4n) is 2.50. The van der Waals surface area contributed by atoms with Crippen molar-refractivity contribution in [3.8, 4) is 17.0 Å². The Morgan fingerprint density at radius 2 is 2.00 bits per heavy atom. The zero-order valence-corrected chi connectivity index (χ0v) is 13.5. The molecule has 6 nitrogen and oxygen atoms in total. The van der Waals surface area contributed by atoms with E-state index in [-0.39, 0.29) is 0 Å². The van der Waals surface area contributed by atoms with Crippen LogP contribution in [0.2, 0.25) is 0 Å². The Bertz CT molecular complexity index is 813. The van der Waals surface area contributed by atoms with Gasteiger partial charge in [0.15, 0.2) is 5.65 Å². The summed E-state index contributed by atoms with van der Waals surface area (Å²) in [5.41, 5.74) is 3.51. The van der Waals surface area contributed by atoms with E-state index in [1.165, 1.54) is 0 Å². The minimum Gasteiger partial charge on any atom is -0.496 e. The summed E-state index contributed by atoms with van der Waals surface area (Å²) in [7, 11) is 3.34. The van der Waals surface area contributed by atoms with Gasteiger partial charge in [0.1, 0.15) is 11.6 Å². The topological polar surface area (TPSA) is 60.7 Å². The molecule has 0 amide bonds. The maximum atomic E-state index is 5.43. The van der Waals surface area contributed by atoms with Crippen molar-refractivity contribution >= 4 is 11.5 Å². The smallest absolute Gasteiger partial charge is 0.158 e.